The van der Waals surface area contributed by atoms with Gasteiger partial charge in [0.25, 0.3) is 0 Å². The highest BCUT2D eigenvalue weighted by atomic mass is 35.5. The van der Waals surface area contributed by atoms with Crippen LogP contribution in [-0.4, -0.2) is 14.9 Å². The van der Waals surface area contributed by atoms with Crippen LogP contribution < -0.4 is 5.73 Å². The van der Waals surface area contributed by atoms with Crippen LogP contribution in [0.5, 0.6) is 0 Å². The van der Waals surface area contributed by atoms with Crippen LogP contribution in [0, 0.1) is 0 Å². The molecule has 1 aromatic rings. The summed E-state index contributed by atoms with van der Waals surface area (Å²) < 4.78 is 5.98. The lowest BCUT2D eigenvalue weighted by Gasteiger charge is -2.25. The van der Waals surface area contributed by atoms with Crippen molar-refractivity contribution >= 4 is 31.5 Å². The molecular weight excluding hydrogens is 261 g/mol. The first kappa shape index (κ1) is 14.0. The standard InChI is InChI=1S/C11H17Cl2NOSi/c1-16(2,3)15-11(7-14)8-4-5-9(12)10(13)6-8/h4-6,11H,7,14H2,1-3H3/t11-/m0/s1. The van der Waals surface area contributed by atoms with E-state index in [2.05, 4.69) is 19.6 Å². The van der Waals surface area contributed by atoms with Gasteiger partial charge in [-0.3, -0.25) is 0 Å². The van der Waals surface area contributed by atoms with E-state index in [0.29, 0.717) is 16.6 Å². The highest BCUT2D eigenvalue weighted by molar-refractivity contribution is 6.69. The predicted molar refractivity (Wildman–Crippen MR) is 72.7 cm³/mol. The molecule has 2 N–H and O–H groups in total. The molecule has 0 amide bonds. The summed E-state index contributed by atoms with van der Waals surface area (Å²) in [5, 5.41) is 1.09. The van der Waals surface area contributed by atoms with Gasteiger partial charge in [0.1, 0.15) is 0 Å². The average molecular weight is 278 g/mol. The quantitative estimate of drug-likeness (QED) is 0.849. The smallest absolute Gasteiger partial charge is 0.184 e. The van der Waals surface area contributed by atoms with Gasteiger partial charge in [-0.2, -0.15) is 0 Å². The molecule has 1 atom stereocenters. The molecular formula is C11H17Cl2NOSi. The molecule has 0 unspecified atom stereocenters. The first-order chi connectivity index (χ1) is 7.33. The maximum absolute atomic E-state index is 5.98. The Morgan fingerprint density at radius 3 is 2.31 bits per heavy atom. The summed E-state index contributed by atoms with van der Waals surface area (Å²) in [5.41, 5.74) is 6.71. The normalized spacial score (nSPS) is 13.9. The monoisotopic (exact) mass is 277 g/mol. The molecule has 0 bridgehead atoms. The van der Waals surface area contributed by atoms with Crippen molar-refractivity contribution < 1.29 is 4.43 Å². The predicted octanol–water partition coefficient (Wildman–Crippen LogP) is 3.84. The van der Waals surface area contributed by atoms with Crippen molar-refractivity contribution in [3.8, 4) is 0 Å². The molecule has 0 saturated heterocycles. The van der Waals surface area contributed by atoms with Crippen molar-refractivity contribution in [2.75, 3.05) is 6.54 Å². The van der Waals surface area contributed by atoms with Crippen molar-refractivity contribution in [2.45, 2.75) is 25.7 Å². The van der Waals surface area contributed by atoms with Crippen LogP contribution in [0.15, 0.2) is 18.2 Å². The van der Waals surface area contributed by atoms with E-state index in [1.54, 1.807) is 6.07 Å². The second-order valence-electron chi connectivity index (χ2n) is 4.63. The first-order valence-corrected chi connectivity index (χ1v) is 9.33. The molecule has 90 valence electrons. The lowest BCUT2D eigenvalue weighted by Crippen LogP contribution is -2.31. The van der Waals surface area contributed by atoms with Crippen LogP contribution >= 0.6 is 23.2 Å². The molecule has 0 saturated carbocycles. The topological polar surface area (TPSA) is 35.2 Å². The molecule has 0 fully saturated rings. The zero-order valence-corrected chi connectivity index (χ0v) is 12.3. The molecule has 5 heteroatoms. The maximum atomic E-state index is 5.98. The highest BCUT2D eigenvalue weighted by Gasteiger charge is 2.21. The molecule has 16 heavy (non-hydrogen) atoms. The number of benzene rings is 1. The number of nitrogens with two attached hydrogens (primary N) is 1. The number of hydrogen-bond donors (Lipinski definition) is 1. The molecule has 0 aliphatic heterocycles. The van der Waals surface area contributed by atoms with Gasteiger partial charge in [0.05, 0.1) is 16.1 Å². The van der Waals surface area contributed by atoms with Gasteiger partial charge in [0.2, 0.25) is 0 Å². The van der Waals surface area contributed by atoms with E-state index < -0.39 is 8.32 Å². The van der Waals surface area contributed by atoms with Gasteiger partial charge in [0, 0.05) is 6.54 Å². The Bertz CT molecular complexity index is 365. The number of hydrogen-bond acceptors (Lipinski definition) is 2. The minimum Gasteiger partial charge on any atom is -0.409 e. The second kappa shape index (κ2) is 5.51. The molecule has 1 aromatic carbocycles. The van der Waals surface area contributed by atoms with Crippen LogP contribution in [-0.2, 0) is 4.43 Å². The molecule has 2 nitrogen and oxygen atoms in total. The van der Waals surface area contributed by atoms with Crippen LogP contribution in [0.1, 0.15) is 11.7 Å². The van der Waals surface area contributed by atoms with E-state index >= 15 is 0 Å². The molecule has 0 radical (unpaired) electrons. The zero-order valence-electron chi connectivity index (χ0n) is 9.76. The Hall–Kier alpha value is -0.0631. The maximum Gasteiger partial charge on any atom is 0.184 e. The van der Waals surface area contributed by atoms with Crippen molar-refractivity contribution in [2.24, 2.45) is 5.73 Å². The minimum absolute atomic E-state index is 0.0959. The van der Waals surface area contributed by atoms with E-state index in [1.807, 2.05) is 12.1 Å². The summed E-state index contributed by atoms with van der Waals surface area (Å²) in [4.78, 5) is 0. The third-order valence-electron chi connectivity index (χ3n) is 2.03. The Morgan fingerprint density at radius 1 is 1.25 bits per heavy atom. The highest BCUT2D eigenvalue weighted by Crippen LogP contribution is 2.28. The third kappa shape index (κ3) is 4.07. The lowest BCUT2D eigenvalue weighted by molar-refractivity contribution is 0.206. The first-order valence-electron chi connectivity index (χ1n) is 5.16. The van der Waals surface area contributed by atoms with Gasteiger partial charge in [-0.15, -0.1) is 0 Å². The average Bonchev–Trinajstić information content (AvgIpc) is 2.17. The zero-order chi connectivity index (χ0) is 12.3. The summed E-state index contributed by atoms with van der Waals surface area (Å²) in [6.45, 7) is 6.84. The summed E-state index contributed by atoms with van der Waals surface area (Å²) in [5.74, 6) is 0. The van der Waals surface area contributed by atoms with Gasteiger partial charge >= 0.3 is 0 Å². The Labute approximate surface area is 108 Å². The van der Waals surface area contributed by atoms with Gasteiger partial charge in [-0.1, -0.05) is 29.3 Å². The largest absolute Gasteiger partial charge is 0.409 e. The number of halogens is 2. The minimum atomic E-state index is -1.61. The van der Waals surface area contributed by atoms with Crippen LogP contribution in [0.4, 0.5) is 0 Å². The lowest BCUT2D eigenvalue weighted by atomic mass is 10.1. The molecule has 0 spiro atoms. The SMILES string of the molecule is C[Si](C)(C)O[C@@H](CN)c1ccc(Cl)c(Cl)c1. The Balaban J connectivity index is 2.91. The van der Waals surface area contributed by atoms with E-state index in [9.17, 15) is 0 Å². The molecule has 0 aliphatic rings. The van der Waals surface area contributed by atoms with Crippen molar-refractivity contribution in [3.63, 3.8) is 0 Å². The fourth-order valence-corrected chi connectivity index (χ4v) is 2.78. The summed E-state index contributed by atoms with van der Waals surface area (Å²) in [6, 6.07) is 5.50. The van der Waals surface area contributed by atoms with E-state index in [-0.39, 0.29) is 6.10 Å². The molecule has 0 heterocycles. The van der Waals surface area contributed by atoms with Gasteiger partial charge in [-0.25, -0.2) is 0 Å². The Kier molecular flexibility index (Phi) is 4.83. The van der Waals surface area contributed by atoms with Gasteiger partial charge in [0.15, 0.2) is 8.32 Å². The van der Waals surface area contributed by atoms with E-state index in [4.69, 9.17) is 33.4 Å². The second-order valence-corrected chi connectivity index (χ2v) is 9.90. The molecule has 0 aliphatic carbocycles. The van der Waals surface area contributed by atoms with E-state index in [0.717, 1.165) is 5.56 Å². The van der Waals surface area contributed by atoms with Crippen molar-refractivity contribution in [1.29, 1.82) is 0 Å². The van der Waals surface area contributed by atoms with Crippen LogP contribution in [0.25, 0.3) is 0 Å². The fourth-order valence-electron chi connectivity index (χ4n) is 1.39. The van der Waals surface area contributed by atoms with Crippen molar-refractivity contribution in [1.82, 2.24) is 0 Å². The summed E-state index contributed by atoms with van der Waals surface area (Å²) >= 11 is 11.8. The van der Waals surface area contributed by atoms with E-state index in [1.165, 1.54) is 0 Å². The number of rotatable bonds is 4. The Morgan fingerprint density at radius 2 is 1.88 bits per heavy atom. The molecule has 0 aromatic heterocycles. The van der Waals surface area contributed by atoms with Gasteiger partial charge in [-0.05, 0) is 37.3 Å². The summed E-state index contributed by atoms with van der Waals surface area (Å²) in [6.07, 6.45) is -0.0959. The summed E-state index contributed by atoms with van der Waals surface area (Å²) in [7, 11) is -1.61. The van der Waals surface area contributed by atoms with Crippen LogP contribution in [0.3, 0.4) is 0 Å². The van der Waals surface area contributed by atoms with Crippen molar-refractivity contribution in [3.05, 3.63) is 33.8 Å². The van der Waals surface area contributed by atoms with Crippen LogP contribution in [0.2, 0.25) is 29.7 Å². The third-order valence-corrected chi connectivity index (χ3v) is 3.76. The fraction of sp³-hybridized carbons (Fsp3) is 0.455. The van der Waals surface area contributed by atoms with Gasteiger partial charge < -0.3 is 10.2 Å². The molecule has 1 rings (SSSR count).